The maximum atomic E-state index is 4.95. The Morgan fingerprint density at radius 2 is 1.71 bits per heavy atom. The zero-order chi connectivity index (χ0) is 17.5. The van der Waals surface area contributed by atoms with Crippen molar-refractivity contribution < 1.29 is 0 Å². The first kappa shape index (κ1) is 16.7. The normalized spacial score (nSPS) is 12.1. The number of hydrogen-bond acceptors (Lipinski definition) is 2. The van der Waals surface area contributed by atoms with Gasteiger partial charge in [-0.25, -0.2) is 9.97 Å². The first-order valence-electron chi connectivity index (χ1n) is 8.52. The molecule has 0 N–H and O–H groups in total. The van der Waals surface area contributed by atoms with Gasteiger partial charge in [0.2, 0.25) is 0 Å². The van der Waals surface area contributed by atoms with E-state index in [1.54, 1.807) is 0 Å². The van der Waals surface area contributed by atoms with Crippen LogP contribution in [0.2, 0.25) is 0 Å². The van der Waals surface area contributed by atoms with Crippen LogP contribution in [-0.4, -0.2) is 14.5 Å². The molecule has 2 aromatic heterocycles. The molecule has 0 unspecified atom stereocenters. The first-order chi connectivity index (χ1) is 11.3. The van der Waals surface area contributed by atoms with Crippen molar-refractivity contribution in [1.82, 2.24) is 14.5 Å². The monoisotopic (exact) mass is 320 g/mol. The molecular weight excluding hydrogens is 294 g/mol. The van der Waals surface area contributed by atoms with Crippen LogP contribution in [0.15, 0.2) is 30.3 Å². The van der Waals surface area contributed by atoms with Crippen molar-refractivity contribution in [2.75, 3.05) is 0 Å². The molecule has 0 aliphatic heterocycles. The van der Waals surface area contributed by atoms with Crippen molar-refractivity contribution in [2.24, 2.45) is 5.41 Å². The molecule has 0 bridgehead atoms. The molecule has 3 rings (SSSR count). The Bertz CT molecular complexity index is 865. The molecule has 2 heterocycles. The number of imidazole rings is 1. The summed E-state index contributed by atoms with van der Waals surface area (Å²) in [6.07, 6.45) is 1.70. The lowest BCUT2D eigenvalue weighted by Crippen LogP contribution is -2.14. The maximum Gasteiger partial charge on any atom is 0.165 e. The maximum absolute atomic E-state index is 4.95. The number of benzene rings is 1. The predicted molar refractivity (Wildman–Crippen MR) is 101 cm³/mol. The summed E-state index contributed by atoms with van der Waals surface area (Å²) in [5.41, 5.74) is 6.68. The van der Waals surface area contributed by atoms with E-state index in [-0.39, 0.29) is 5.41 Å². The lowest BCUT2D eigenvalue weighted by molar-refractivity contribution is 0.399. The fourth-order valence-electron chi connectivity index (χ4n) is 3.08. The standard InChI is InChI=1S/C21H26N3/c1-7-16-8-10-17(11-9-16)24-18(13-21(4,5)6)23-19-14(2)12-15(3)22-20(19)24/h8-12H,1,7,13H2,2-6H3. The minimum atomic E-state index is 0.162. The number of nitrogens with zero attached hydrogens (tertiary/aromatic N) is 3. The van der Waals surface area contributed by atoms with Crippen molar-refractivity contribution in [3.05, 3.63) is 59.9 Å². The van der Waals surface area contributed by atoms with E-state index >= 15 is 0 Å². The number of pyridine rings is 1. The third-order valence-electron chi connectivity index (χ3n) is 4.18. The van der Waals surface area contributed by atoms with Gasteiger partial charge in [0.15, 0.2) is 5.65 Å². The average Bonchev–Trinajstić information content (AvgIpc) is 2.83. The molecule has 0 atom stereocenters. The van der Waals surface area contributed by atoms with Gasteiger partial charge < -0.3 is 0 Å². The van der Waals surface area contributed by atoms with Crippen LogP contribution >= 0.6 is 0 Å². The predicted octanol–water partition coefficient (Wildman–Crippen LogP) is 5.00. The van der Waals surface area contributed by atoms with Crippen molar-refractivity contribution in [2.45, 2.75) is 47.5 Å². The van der Waals surface area contributed by atoms with Gasteiger partial charge >= 0.3 is 0 Å². The van der Waals surface area contributed by atoms with Crippen LogP contribution in [0.3, 0.4) is 0 Å². The van der Waals surface area contributed by atoms with E-state index < -0.39 is 0 Å². The molecule has 1 aromatic carbocycles. The third kappa shape index (κ3) is 3.21. The van der Waals surface area contributed by atoms with Gasteiger partial charge in [0.25, 0.3) is 0 Å². The first-order valence-corrected chi connectivity index (χ1v) is 8.52. The average molecular weight is 320 g/mol. The van der Waals surface area contributed by atoms with Gasteiger partial charge in [-0.1, -0.05) is 32.9 Å². The minimum Gasteiger partial charge on any atom is -0.281 e. The summed E-state index contributed by atoms with van der Waals surface area (Å²) in [5.74, 6) is 1.07. The van der Waals surface area contributed by atoms with Crippen LogP contribution in [-0.2, 0) is 12.8 Å². The Balaban J connectivity index is 2.26. The SMILES string of the molecule is [CH2]Cc1ccc(-n2c(CC(C)(C)C)nc3c(C)cc(C)nc32)cc1. The summed E-state index contributed by atoms with van der Waals surface area (Å²) in [7, 11) is 0. The lowest BCUT2D eigenvalue weighted by atomic mass is 9.92. The number of rotatable bonds is 3. The highest BCUT2D eigenvalue weighted by molar-refractivity contribution is 5.78. The van der Waals surface area contributed by atoms with Gasteiger partial charge in [-0.15, -0.1) is 0 Å². The highest BCUT2D eigenvalue weighted by Crippen LogP contribution is 2.28. The molecule has 0 aliphatic rings. The van der Waals surface area contributed by atoms with Crippen molar-refractivity contribution in [1.29, 1.82) is 0 Å². The van der Waals surface area contributed by atoms with E-state index in [9.17, 15) is 0 Å². The molecule has 3 nitrogen and oxygen atoms in total. The molecule has 0 amide bonds. The Kier molecular flexibility index (Phi) is 4.20. The number of aryl methyl sites for hydroxylation is 2. The highest BCUT2D eigenvalue weighted by atomic mass is 15.1. The van der Waals surface area contributed by atoms with Crippen LogP contribution in [0, 0.1) is 26.2 Å². The van der Waals surface area contributed by atoms with Gasteiger partial charge in [0.1, 0.15) is 11.3 Å². The number of fused-ring (bicyclic) bond motifs is 1. The van der Waals surface area contributed by atoms with Crippen LogP contribution in [0.1, 0.15) is 43.4 Å². The number of aromatic nitrogens is 3. The zero-order valence-electron chi connectivity index (χ0n) is 15.3. The van der Waals surface area contributed by atoms with Crippen LogP contribution in [0.5, 0.6) is 0 Å². The number of hydrogen-bond donors (Lipinski definition) is 0. The third-order valence-corrected chi connectivity index (χ3v) is 4.18. The molecule has 0 saturated heterocycles. The topological polar surface area (TPSA) is 30.7 Å². The summed E-state index contributed by atoms with van der Waals surface area (Å²) in [6, 6.07) is 10.7. The fraction of sp³-hybridized carbons (Fsp3) is 0.381. The Morgan fingerprint density at radius 1 is 1.04 bits per heavy atom. The van der Waals surface area contributed by atoms with Crippen LogP contribution < -0.4 is 0 Å². The second kappa shape index (κ2) is 6.04. The molecule has 0 fully saturated rings. The van der Waals surface area contributed by atoms with E-state index in [1.807, 2.05) is 6.92 Å². The molecule has 0 spiro atoms. The summed E-state index contributed by atoms with van der Waals surface area (Å²) < 4.78 is 2.22. The van der Waals surface area contributed by atoms with E-state index in [2.05, 4.69) is 69.5 Å². The largest absolute Gasteiger partial charge is 0.281 e. The second-order valence-corrected chi connectivity index (χ2v) is 7.77. The minimum absolute atomic E-state index is 0.162. The van der Waals surface area contributed by atoms with E-state index in [4.69, 9.17) is 9.97 Å². The summed E-state index contributed by atoms with van der Waals surface area (Å²) >= 11 is 0. The molecule has 0 aliphatic carbocycles. The smallest absolute Gasteiger partial charge is 0.165 e. The molecule has 3 heteroatoms. The molecular formula is C21H26N3. The van der Waals surface area contributed by atoms with Gasteiger partial charge in [0, 0.05) is 17.8 Å². The Morgan fingerprint density at radius 3 is 2.29 bits per heavy atom. The molecule has 3 aromatic rings. The van der Waals surface area contributed by atoms with Gasteiger partial charge in [-0.05, 0) is 61.9 Å². The lowest BCUT2D eigenvalue weighted by Gasteiger charge is -2.18. The zero-order valence-corrected chi connectivity index (χ0v) is 15.3. The van der Waals surface area contributed by atoms with Gasteiger partial charge in [0.05, 0.1) is 0 Å². The summed E-state index contributed by atoms with van der Waals surface area (Å²) in [6.45, 7) is 14.8. The van der Waals surface area contributed by atoms with Crippen LogP contribution in [0.25, 0.3) is 16.9 Å². The molecule has 1 radical (unpaired) electrons. The fourth-order valence-corrected chi connectivity index (χ4v) is 3.08. The van der Waals surface area contributed by atoms with Gasteiger partial charge in [-0.2, -0.15) is 0 Å². The van der Waals surface area contributed by atoms with E-state index in [0.717, 1.165) is 41.2 Å². The van der Waals surface area contributed by atoms with Gasteiger partial charge in [-0.3, -0.25) is 4.57 Å². The molecule has 125 valence electrons. The van der Waals surface area contributed by atoms with Crippen molar-refractivity contribution in [3.63, 3.8) is 0 Å². The van der Waals surface area contributed by atoms with E-state index in [0.29, 0.717) is 0 Å². The van der Waals surface area contributed by atoms with Crippen molar-refractivity contribution >= 4 is 11.2 Å². The molecule has 24 heavy (non-hydrogen) atoms. The summed E-state index contributed by atoms with van der Waals surface area (Å²) in [5, 5.41) is 0. The van der Waals surface area contributed by atoms with Crippen LogP contribution in [0.4, 0.5) is 0 Å². The quantitative estimate of drug-likeness (QED) is 0.679. The highest BCUT2D eigenvalue weighted by Gasteiger charge is 2.21. The van der Waals surface area contributed by atoms with E-state index in [1.165, 1.54) is 11.1 Å². The Hall–Kier alpha value is -2.16. The summed E-state index contributed by atoms with van der Waals surface area (Å²) in [4.78, 5) is 9.74. The molecule has 0 saturated carbocycles. The second-order valence-electron chi connectivity index (χ2n) is 7.77. The van der Waals surface area contributed by atoms with Crippen molar-refractivity contribution in [3.8, 4) is 5.69 Å². The Labute approximate surface area is 144 Å².